The minimum absolute atomic E-state index is 0.144. The third-order valence-corrected chi connectivity index (χ3v) is 3.86. The summed E-state index contributed by atoms with van der Waals surface area (Å²) in [6.07, 6.45) is 1.35. The number of nitrogens with one attached hydrogen (secondary N) is 1. The van der Waals surface area contributed by atoms with Gasteiger partial charge in [0, 0.05) is 11.0 Å². The molecule has 0 bridgehead atoms. The Hall–Kier alpha value is -2.34. The molecule has 1 amide bonds. The molecule has 0 saturated heterocycles. The summed E-state index contributed by atoms with van der Waals surface area (Å²) >= 11 is 3.28. The van der Waals surface area contributed by atoms with E-state index < -0.39 is 0 Å². The Bertz CT molecular complexity index is 718. The summed E-state index contributed by atoms with van der Waals surface area (Å²) in [4.78, 5) is 22.9. The van der Waals surface area contributed by atoms with Gasteiger partial charge in [-0.25, -0.2) is 0 Å². The Morgan fingerprint density at radius 3 is 2.75 bits per heavy atom. The number of rotatable bonds is 8. The van der Waals surface area contributed by atoms with Crippen LogP contribution in [-0.2, 0) is 11.2 Å². The van der Waals surface area contributed by atoms with Crippen molar-refractivity contribution in [2.45, 2.75) is 6.42 Å². The maximum Gasteiger partial charge on any atom is 0.257 e. The Morgan fingerprint density at radius 2 is 2.00 bits per heavy atom. The van der Waals surface area contributed by atoms with Gasteiger partial charge < -0.3 is 14.8 Å². The van der Waals surface area contributed by atoms with Gasteiger partial charge in [-0.2, -0.15) is 0 Å². The number of carbonyl (C=O) groups excluding carboxylic acids is 2. The van der Waals surface area contributed by atoms with Crippen LogP contribution in [-0.4, -0.2) is 32.5 Å². The van der Waals surface area contributed by atoms with Gasteiger partial charge in [-0.3, -0.25) is 9.59 Å². The fourth-order valence-electron chi connectivity index (χ4n) is 2.18. The Balaban J connectivity index is 1.81. The van der Waals surface area contributed by atoms with Crippen molar-refractivity contribution in [3.05, 3.63) is 58.1 Å². The summed E-state index contributed by atoms with van der Waals surface area (Å²) in [7, 11) is 1.62. The lowest BCUT2D eigenvalue weighted by atomic mass is 10.1. The molecule has 0 spiro atoms. The highest BCUT2D eigenvalue weighted by molar-refractivity contribution is 9.10. The molecule has 0 saturated carbocycles. The summed E-state index contributed by atoms with van der Waals surface area (Å²) in [5.41, 5.74) is 1.42. The van der Waals surface area contributed by atoms with E-state index in [0.717, 1.165) is 15.8 Å². The van der Waals surface area contributed by atoms with Crippen LogP contribution in [0.15, 0.2) is 46.9 Å². The van der Waals surface area contributed by atoms with Crippen LogP contribution >= 0.6 is 15.9 Å². The molecule has 2 rings (SSSR count). The largest absolute Gasteiger partial charge is 0.496 e. The van der Waals surface area contributed by atoms with Gasteiger partial charge in [0.25, 0.3) is 5.91 Å². The third kappa shape index (κ3) is 5.09. The molecule has 0 atom stereocenters. The molecular formula is C18H18BrNO4. The number of hydrogen-bond acceptors (Lipinski definition) is 4. The van der Waals surface area contributed by atoms with E-state index in [2.05, 4.69) is 21.2 Å². The summed E-state index contributed by atoms with van der Waals surface area (Å²) in [5.74, 6) is 0.936. The first kappa shape index (κ1) is 18.0. The second kappa shape index (κ2) is 9.08. The summed E-state index contributed by atoms with van der Waals surface area (Å²) < 4.78 is 11.4. The lowest BCUT2D eigenvalue weighted by Crippen LogP contribution is -2.30. The lowest BCUT2D eigenvalue weighted by molar-refractivity contribution is -0.123. The van der Waals surface area contributed by atoms with Crippen molar-refractivity contribution in [1.82, 2.24) is 5.32 Å². The van der Waals surface area contributed by atoms with Crippen LogP contribution in [0.25, 0.3) is 0 Å². The van der Waals surface area contributed by atoms with E-state index in [9.17, 15) is 9.59 Å². The average molecular weight is 392 g/mol. The van der Waals surface area contributed by atoms with Gasteiger partial charge in [-0.05, 0) is 36.2 Å². The zero-order chi connectivity index (χ0) is 17.4. The third-order valence-electron chi connectivity index (χ3n) is 3.37. The van der Waals surface area contributed by atoms with Crippen molar-refractivity contribution in [2.75, 3.05) is 20.3 Å². The van der Waals surface area contributed by atoms with Gasteiger partial charge in [-0.15, -0.1) is 0 Å². The van der Waals surface area contributed by atoms with E-state index in [1.165, 1.54) is 0 Å². The summed E-state index contributed by atoms with van der Waals surface area (Å²) in [5, 5.41) is 2.78. The number of amides is 1. The van der Waals surface area contributed by atoms with Crippen LogP contribution in [0, 0.1) is 0 Å². The number of halogens is 1. The fraction of sp³-hybridized carbons (Fsp3) is 0.222. The lowest BCUT2D eigenvalue weighted by Gasteiger charge is -2.10. The van der Waals surface area contributed by atoms with E-state index in [1.807, 2.05) is 24.3 Å². The van der Waals surface area contributed by atoms with Crippen LogP contribution < -0.4 is 14.8 Å². The van der Waals surface area contributed by atoms with Crippen LogP contribution in [0.4, 0.5) is 0 Å². The van der Waals surface area contributed by atoms with Crippen molar-refractivity contribution in [1.29, 1.82) is 0 Å². The van der Waals surface area contributed by atoms with Crippen LogP contribution in [0.3, 0.4) is 0 Å². The zero-order valence-electron chi connectivity index (χ0n) is 13.3. The molecule has 0 aliphatic heterocycles. The van der Waals surface area contributed by atoms with Gasteiger partial charge in [0.15, 0.2) is 12.9 Å². The minimum Gasteiger partial charge on any atom is -0.496 e. The van der Waals surface area contributed by atoms with E-state index >= 15 is 0 Å². The summed E-state index contributed by atoms with van der Waals surface area (Å²) in [6.45, 7) is 0.331. The van der Waals surface area contributed by atoms with Gasteiger partial charge >= 0.3 is 0 Å². The molecule has 0 aliphatic carbocycles. The van der Waals surface area contributed by atoms with Crippen LogP contribution in [0.2, 0.25) is 0 Å². The predicted molar refractivity (Wildman–Crippen MR) is 94.7 cm³/mol. The molecule has 0 fully saturated rings. The highest BCUT2D eigenvalue weighted by atomic mass is 79.9. The monoisotopic (exact) mass is 391 g/mol. The highest BCUT2D eigenvalue weighted by Gasteiger charge is 2.08. The van der Waals surface area contributed by atoms with Gasteiger partial charge in [0.05, 0.1) is 12.7 Å². The quantitative estimate of drug-likeness (QED) is 0.702. The molecular weight excluding hydrogens is 374 g/mol. The maximum atomic E-state index is 11.9. The summed E-state index contributed by atoms with van der Waals surface area (Å²) in [6, 6.07) is 12.7. The molecule has 6 heteroatoms. The zero-order valence-corrected chi connectivity index (χ0v) is 14.8. The van der Waals surface area contributed by atoms with Crippen molar-refractivity contribution in [3.63, 3.8) is 0 Å². The van der Waals surface area contributed by atoms with Crippen molar-refractivity contribution >= 4 is 28.1 Å². The fourth-order valence-corrected chi connectivity index (χ4v) is 2.56. The number of para-hydroxylation sites is 1. The number of hydrogen-bond donors (Lipinski definition) is 1. The molecule has 0 aromatic heterocycles. The molecule has 2 aromatic carbocycles. The van der Waals surface area contributed by atoms with Gasteiger partial charge in [0.1, 0.15) is 11.5 Å². The second-order valence-corrected chi connectivity index (χ2v) is 5.92. The molecule has 5 nitrogen and oxygen atoms in total. The number of carbonyl (C=O) groups is 2. The van der Waals surface area contributed by atoms with Crippen molar-refractivity contribution in [2.24, 2.45) is 0 Å². The molecule has 2 aromatic rings. The first-order valence-corrected chi connectivity index (χ1v) is 8.19. The van der Waals surface area contributed by atoms with E-state index in [0.29, 0.717) is 30.6 Å². The Morgan fingerprint density at radius 1 is 1.21 bits per heavy atom. The number of methoxy groups -OCH3 is 1. The molecule has 126 valence electrons. The molecule has 0 heterocycles. The van der Waals surface area contributed by atoms with Gasteiger partial charge in [-0.1, -0.05) is 34.1 Å². The second-order valence-electron chi connectivity index (χ2n) is 5.00. The maximum absolute atomic E-state index is 11.9. The van der Waals surface area contributed by atoms with E-state index in [4.69, 9.17) is 9.47 Å². The average Bonchev–Trinajstić information content (AvgIpc) is 2.61. The van der Waals surface area contributed by atoms with E-state index in [1.54, 1.807) is 25.3 Å². The first-order valence-electron chi connectivity index (χ1n) is 7.40. The van der Waals surface area contributed by atoms with Crippen LogP contribution in [0.1, 0.15) is 15.9 Å². The smallest absolute Gasteiger partial charge is 0.257 e. The molecule has 0 radical (unpaired) electrons. The minimum atomic E-state index is -0.246. The van der Waals surface area contributed by atoms with Crippen LogP contribution in [0.5, 0.6) is 11.5 Å². The molecule has 24 heavy (non-hydrogen) atoms. The Kier molecular flexibility index (Phi) is 6.81. The van der Waals surface area contributed by atoms with Crippen molar-refractivity contribution < 1.29 is 19.1 Å². The number of aldehydes is 1. The standard InChI is InChI=1S/C18H18BrNO4/c1-23-16-5-3-2-4-13(16)8-9-20-18(22)12-24-17-7-6-15(19)10-14(17)11-21/h2-7,10-11H,8-9,12H2,1H3,(H,20,22). The SMILES string of the molecule is COc1ccccc1CCNC(=O)COc1ccc(Br)cc1C=O. The molecule has 0 aliphatic rings. The van der Waals surface area contributed by atoms with E-state index in [-0.39, 0.29) is 12.5 Å². The van der Waals surface area contributed by atoms with Crippen molar-refractivity contribution in [3.8, 4) is 11.5 Å². The highest BCUT2D eigenvalue weighted by Crippen LogP contribution is 2.21. The molecule has 1 N–H and O–H groups in total. The number of ether oxygens (including phenoxy) is 2. The number of benzene rings is 2. The predicted octanol–water partition coefficient (Wildman–Crippen LogP) is 3.01. The molecule has 0 unspecified atom stereocenters. The topological polar surface area (TPSA) is 64.6 Å². The normalized spacial score (nSPS) is 10.1. The first-order chi connectivity index (χ1) is 11.6. The Labute approximate surface area is 149 Å². The van der Waals surface area contributed by atoms with Gasteiger partial charge in [0.2, 0.25) is 0 Å².